The van der Waals surface area contributed by atoms with Gasteiger partial charge in [0.05, 0.1) is 11.4 Å². The fourth-order valence-electron chi connectivity index (χ4n) is 2.52. The normalized spacial score (nSPS) is 11.6. The molecule has 0 aliphatic rings. The summed E-state index contributed by atoms with van der Waals surface area (Å²) in [6.07, 6.45) is 0. The first-order chi connectivity index (χ1) is 10.1. The van der Waals surface area contributed by atoms with Crippen molar-refractivity contribution >= 4 is 69.6 Å². The van der Waals surface area contributed by atoms with Crippen molar-refractivity contribution in [1.29, 1.82) is 0 Å². The van der Waals surface area contributed by atoms with Crippen LogP contribution in [0.1, 0.15) is 0 Å². The zero-order valence-corrected chi connectivity index (χ0v) is 15.4. The van der Waals surface area contributed by atoms with Crippen molar-refractivity contribution in [2.45, 2.75) is 0 Å². The quantitative estimate of drug-likeness (QED) is 0.315. The molecule has 0 saturated heterocycles. The second-order valence-corrected chi connectivity index (χ2v) is 7.58. The molecule has 2 aromatic carbocycles. The largest absolute Gasteiger partial charge is 0.353 e. The van der Waals surface area contributed by atoms with Gasteiger partial charge >= 0.3 is 0 Å². The van der Waals surface area contributed by atoms with Gasteiger partial charge in [0.25, 0.3) is 0 Å². The third kappa shape index (κ3) is 2.37. The van der Waals surface area contributed by atoms with Crippen LogP contribution in [0.5, 0.6) is 0 Å². The van der Waals surface area contributed by atoms with Gasteiger partial charge in [-0.3, -0.25) is 0 Å². The average Bonchev–Trinajstić information content (AvgIpc) is 3.02. The summed E-state index contributed by atoms with van der Waals surface area (Å²) in [4.78, 5) is 6.92. The van der Waals surface area contributed by atoms with Gasteiger partial charge in [0.1, 0.15) is 0 Å². The Balaban J connectivity index is 1.91. The van der Waals surface area contributed by atoms with Crippen LogP contribution in [0, 0.1) is 0 Å². The van der Waals surface area contributed by atoms with Gasteiger partial charge in [-0.25, -0.2) is 0 Å². The molecule has 0 aliphatic carbocycles. The summed E-state index contributed by atoms with van der Waals surface area (Å²) in [5.41, 5.74) is 4.42. The minimum Gasteiger partial charge on any atom is -0.353 e. The molecule has 0 spiro atoms. The van der Waals surface area contributed by atoms with Crippen LogP contribution in [0.4, 0.5) is 0 Å². The van der Waals surface area contributed by atoms with Gasteiger partial charge in [-0.2, -0.15) is 0 Å². The second kappa shape index (κ2) is 5.00. The Hall–Kier alpha value is -1.04. The number of aromatic amines is 2. The molecule has 2 N–H and O–H groups in total. The summed E-state index contributed by atoms with van der Waals surface area (Å²) in [6.45, 7) is 0. The molecule has 4 aromatic rings. The smallest absolute Gasteiger partial charge is 0.0630 e. The highest BCUT2D eigenvalue weighted by Gasteiger charge is 2.09. The monoisotopic (exact) mass is 466 g/mol. The highest BCUT2D eigenvalue weighted by atomic mass is 79.9. The molecule has 21 heavy (non-hydrogen) atoms. The maximum Gasteiger partial charge on any atom is 0.0630 e. The van der Waals surface area contributed by atoms with Gasteiger partial charge in [-0.1, -0.05) is 15.9 Å². The van der Waals surface area contributed by atoms with Gasteiger partial charge in [0.15, 0.2) is 0 Å². The number of hydrogen-bond acceptors (Lipinski definition) is 0. The maximum absolute atomic E-state index is 3.54. The number of nitrogens with one attached hydrogen (secondary N) is 2. The van der Waals surface area contributed by atoms with Gasteiger partial charge in [-0.15, -0.1) is 0 Å². The van der Waals surface area contributed by atoms with Crippen molar-refractivity contribution in [2.24, 2.45) is 0 Å². The molecular weight excluding hydrogens is 460 g/mol. The molecule has 2 nitrogen and oxygen atoms in total. The lowest BCUT2D eigenvalue weighted by atomic mass is 10.2. The molecule has 0 aliphatic heterocycles. The Kier molecular flexibility index (Phi) is 3.24. The number of H-pyrrole nitrogens is 2. The third-order valence-electron chi connectivity index (χ3n) is 3.53. The van der Waals surface area contributed by atoms with E-state index in [4.69, 9.17) is 0 Å². The summed E-state index contributed by atoms with van der Waals surface area (Å²) in [7, 11) is 0. The first-order valence-electron chi connectivity index (χ1n) is 6.36. The van der Waals surface area contributed by atoms with Crippen LogP contribution in [0.25, 0.3) is 33.2 Å². The third-order valence-corrected chi connectivity index (χ3v) is 5.87. The lowest BCUT2D eigenvalue weighted by Crippen LogP contribution is -1.75. The molecule has 2 heterocycles. The Morgan fingerprint density at radius 2 is 1.24 bits per heavy atom. The number of fused-ring (bicyclic) bond motifs is 2. The van der Waals surface area contributed by atoms with E-state index in [1.54, 1.807) is 0 Å². The molecule has 0 bridgehead atoms. The number of benzene rings is 2. The van der Waals surface area contributed by atoms with E-state index in [1.807, 2.05) is 6.07 Å². The summed E-state index contributed by atoms with van der Waals surface area (Å²) in [5, 5.41) is 2.38. The molecule has 0 unspecified atom stereocenters. The Labute approximate surface area is 146 Å². The SMILES string of the molecule is Brc1ccc2[nH]c(-c3cc4cc(Br)c(Br)cc4[nH]3)cc2c1. The van der Waals surface area contributed by atoms with E-state index >= 15 is 0 Å². The minimum atomic E-state index is 1.05. The van der Waals surface area contributed by atoms with Crippen LogP contribution in [0.15, 0.2) is 55.9 Å². The molecular formula is C16H9Br3N2. The summed E-state index contributed by atoms with van der Waals surface area (Å²) < 4.78 is 3.19. The zero-order chi connectivity index (χ0) is 14.6. The highest BCUT2D eigenvalue weighted by molar-refractivity contribution is 9.13. The number of rotatable bonds is 1. The topological polar surface area (TPSA) is 31.6 Å². The Bertz CT molecular complexity index is 943. The standard InChI is InChI=1S/C16H9Br3N2/c17-10-1-2-13-8(3-10)5-15(20-13)16-6-9-4-11(18)12(19)7-14(9)21-16/h1-7,20-21H. The number of aromatic nitrogens is 2. The van der Waals surface area contributed by atoms with E-state index in [9.17, 15) is 0 Å². The van der Waals surface area contributed by atoms with Crippen molar-refractivity contribution < 1.29 is 0 Å². The predicted molar refractivity (Wildman–Crippen MR) is 98.7 cm³/mol. The predicted octanol–water partition coefficient (Wildman–Crippen LogP) is 6.60. The maximum atomic E-state index is 3.54. The summed E-state index contributed by atoms with van der Waals surface area (Å²) in [5.74, 6) is 0. The zero-order valence-electron chi connectivity index (χ0n) is 10.7. The van der Waals surface area contributed by atoms with Crippen molar-refractivity contribution in [3.8, 4) is 11.4 Å². The molecule has 0 atom stereocenters. The van der Waals surface area contributed by atoms with Gasteiger partial charge < -0.3 is 9.97 Å². The van der Waals surface area contributed by atoms with E-state index in [2.05, 4.69) is 94.2 Å². The molecule has 104 valence electrons. The molecule has 5 heteroatoms. The van der Waals surface area contributed by atoms with Crippen molar-refractivity contribution in [1.82, 2.24) is 9.97 Å². The molecule has 2 aromatic heterocycles. The molecule has 0 fully saturated rings. The van der Waals surface area contributed by atoms with Crippen LogP contribution >= 0.6 is 47.8 Å². The van der Waals surface area contributed by atoms with Crippen molar-refractivity contribution in [3.05, 3.63) is 55.9 Å². The molecule has 0 radical (unpaired) electrons. The van der Waals surface area contributed by atoms with Crippen LogP contribution < -0.4 is 0 Å². The lowest BCUT2D eigenvalue weighted by Gasteiger charge is -1.95. The number of hydrogen-bond donors (Lipinski definition) is 2. The number of halogens is 3. The Morgan fingerprint density at radius 3 is 2.00 bits per heavy atom. The van der Waals surface area contributed by atoms with E-state index in [0.717, 1.165) is 35.8 Å². The van der Waals surface area contributed by atoms with Crippen molar-refractivity contribution in [2.75, 3.05) is 0 Å². The molecule has 0 amide bonds. The van der Waals surface area contributed by atoms with Gasteiger partial charge in [-0.05, 0) is 74.3 Å². The fourth-order valence-corrected chi connectivity index (χ4v) is 3.60. The van der Waals surface area contributed by atoms with Gasteiger partial charge in [0.2, 0.25) is 0 Å². The van der Waals surface area contributed by atoms with E-state index in [0.29, 0.717) is 0 Å². The fraction of sp³-hybridized carbons (Fsp3) is 0. The van der Waals surface area contributed by atoms with Crippen molar-refractivity contribution in [3.63, 3.8) is 0 Å². The van der Waals surface area contributed by atoms with Crippen LogP contribution in [0.2, 0.25) is 0 Å². The summed E-state index contributed by atoms with van der Waals surface area (Å²) in [6, 6.07) is 14.8. The minimum absolute atomic E-state index is 1.05. The van der Waals surface area contributed by atoms with E-state index in [-0.39, 0.29) is 0 Å². The second-order valence-electron chi connectivity index (χ2n) is 4.95. The van der Waals surface area contributed by atoms with Crippen LogP contribution in [0.3, 0.4) is 0 Å². The molecule has 0 saturated carbocycles. The van der Waals surface area contributed by atoms with E-state index < -0.39 is 0 Å². The Morgan fingerprint density at radius 1 is 0.619 bits per heavy atom. The first-order valence-corrected chi connectivity index (χ1v) is 8.74. The lowest BCUT2D eigenvalue weighted by molar-refractivity contribution is 1.38. The van der Waals surface area contributed by atoms with E-state index in [1.165, 1.54) is 10.8 Å². The van der Waals surface area contributed by atoms with Crippen LogP contribution in [-0.2, 0) is 0 Å². The first kappa shape index (κ1) is 13.6. The molecule has 4 rings (SSSR count). The highest BCUT2D eigenvalue weighted by Crippen LogP contribution is 2.32. The van der Waals surface area contributed by atoms with Gasteiger partial charge in [0, 0.05) is 35.2 Å². The summed E-state index contributed by atoms with van der Waals surface area (Å²) >= 11 is 10.6. The van der Waals surface area contributed by atoms with Crippen LogP contribution in [-0.4, -0.2) is 9.97 Å². The average molecular weight is 469 g/mol.